The summed E-state index contributed by atoms with van der Waals surface area (Å²) in [5.74, 6) is 0.149. The molecule has 0 amide bonds. The van der Waals surface area contributed by atoms with E-state index in [9.17, 15) is 9.90 Å². The summed E-state index contributed by atoms with van der Waals surface area (Å²) in [5, 5.41) is 9.42. The number of nitrogens with zero attached hydrogens (tertiary/aromatic N) is 1. The molecule has 0 aliphatic heterocycles. The summed E-state index contributed by atoms with van der Waals surface area (Å²) in [7, 11) is 0. The van der Waals surface area contributed by atoms with Gasteiger partial charge in [-0.05, 0) is 24.6 Å². The molecule has 3 rings (SSSR count). The molecular formula is C15H14N2O2. The first-order chi connectivity index (χ1) is 9.13. The number of nitrogens with one attached hydrogen (secondary N) is 1. The van der Waals surface area contributed by atoms with E-state index >= 15 is 0 Å². The zero-order valence-electron chi connectivity index (χ0n) is 10.6. The van der Waals surface area contributed by atoms with E-state index in [1.807, 2.05) is 31.2 Å². The number of aromatic hydroxyl groups is 1. The maximum absolute atomic E-state index is 11.9. The molecule has 0 saturated carbocycles. The number of hydrogen-bond acceptors (Lipinski definition) is 2. The first-order valence-electron chi connectivity index (χ1n) is 6.10. The molecule has 0 saturated heterocycles. The third-order valence-corrected chi connectivity index (χ3v) is 3.22. The zero-order chi connectivity index (χ0) is 13.4. The van der Waals surface area contributed by atoms with Crippen LogP contribution in [0.4, 0.5) is 0 Å². The van der Waals surface area contributed by atoms with Crippen molar-refractivity contribution in [3.05, 3.63) is 64.1 Å². The zero-order valence-corrected chi connectivity index (χ0v) is 10.6. The Morgan fingerprint density at radius 2 is 1.89 bits per heavy atom. The molecule has 0 atom stereocenters. The van der Waals surface area contributed by atoms with E-state index in [4.69, 9.17) is 0 Å². The first-order valence-corrected chi connectivity index (χ1v) is 6.10. The highest BCUT2D eigenvalue weighted by molar-refractivity contribution is 5.76. The van der Waals surface area contributed by atoms with E-state index in [1.165, 1.54) is 5.56 Å². The number of imidazole rings is 1. The number of rotatable bonds is 2. The normalized spacial score (nSPS) is 11.0. The van der Waals surface area contributed by atoms with E-state index in [0.29, 0.717) is 12.1 Å². The fraction of sp³-hybridized carbons (Fsp3) is 0.133. The number of fused-ring (bicyclic) bond motifs is 1. The van der Waals surface area contributed by atoms with Crippen molar-refractivity contribution in [3.63, 3.8) is 0 Å². The van der Waals surface area contributed by atoms with Crippen molar-refractivity contribution in [2.24, 2.45) is 0 Å². The number of aromatic amines is 1. The average molecular weight is 254 g/mol. The Balaban J connectivity index is 2.07. The third-order valence-electron chi connectivity index (χ3n) is 3.22. The van der Waals surface area contributed by atoms with Gasteiger partial charge in [-0.15, -0.1) is 0 Å². The van der Waals surface area contributed by atoms with Gasteiger partial charge in [-0.2, -0.15) is 0 Å². The number of phenols is 1. The van der Waals surface area contributed by atoms with Crippen molar-refractivity contribution in [1.82, 2.24) is 9.55 Å². The van der Waals surface area contributed by atoms with Crippen molar-refractivity contribution in [2.45, 2.75) is 13.5 Å². The summed E-state index contributed by atoms with van der Waals surface area (Å²) in [4.78, 5) is 14.7. The van der Waals surface area contributed by atoms with Gasteiger partial charge in [0.15, 0.2) is 0 Å². The number of benzene rings is 2. The second kappa shape index (κ2) is 4.31. The third kappa shape index (κ3) is 2.12. The second-order valence-corrected chi connectivity index (χ2v) is 4.70. The quantitative estimate of drug-likeness (QED) is 0.737. The minimum atomic E-state index is -0.166. The predicted octanol–water partition coefficient (Wildman–Crippen LogP) is 2.39. The molecule has 1 aromatic heterocycles. The largest absolute Gasteiger partial charge is 0.508 e. The topological polar surface area (TPSA) is 58.0 Å². The van der Waals surface area contributed by atoms with Gasteiger partial charge >= 0.3 is 5.69 Å². The molecule has 1 heterocycles. The Hall–Kier alpha value is -2.49. The van der Waals surface area contributed by atoms with Gasteiger partial charge in [-0.1, -0.05) is 29.8 Å². The lowest BCUT2D eigenvalue weighted by atomic mass is 10.1. The van der Waals surface area contributed by atoms with Crippen LogP contribution in [-0.4, -0.2) is 14.7 Å². The van der Waals surface area contributed by atoms with E-state index in [0.717, 1.165) is 11.1 Å². The summed E-state index contributed by atoms with van der Waals surface area (Å²) in [6.45, 7) is 2.55. The highest BCUT2D eigenvalue weighted by Crippen LogP contribution is 2.17. The molecule has 19 heavy (non-hydrogen) atoms. The molecule has 0 fully saturated rings. The molecule has 0 aliphatic carbocycles. The SMILES string of the molecule is Cc1ccc(Cn2c(=O)[nH]c3cc(O)ccc32)cc1. The lowest BCUT2D eigenvalue weighted by Crippen LogP contribution is -2.17. The van der Waals surface area contributed by atoms with Crippen molar-refractivity contribution >= 4 is 11.0 Å². The van der Waals surface area contributed by atoms with Crippen molar-refractivity contribution in [3.8, 4) is 5.75 Å². The van der Waals surface area contributed by atoms with Gasteiger partial charge in [0.05, 0.1) is 17.6 Å². The second-order valence-electron chi connectivity index (χ2n) is 4.70. The molecule has 2 N–H and O–H groups in total. The lowest BCUT2D eigenvalue weighted by Gasteiger charge is -2.04. The van der Waals surface area contributed by atoms with E-state index < -0.39 is 0 Å². The standard InChI is InChI=1S/C15H14N2O2/c1-10-2-4-11(5-3-10)9-17-14-7-6-12(18)8-13(14)16-15(17)19/h2-8,18H,9H2,1H3,(H,16,19). The minimum Gasteiger partial charge on any atom is -0.508 e. The summed E-state index contributed by atoms with van der Waals surface area (Å²) < 4.78 is 1.67. The molecule has 0 bridgehead atoms. The summed E-state index contributed by atoms with van der Waals surface area (Å²) >= 11 is 0. The van der Waals surface area contributed by atoms with Gasteiger partial charge in [0.25, 0.3) is 0 Å². The lowest BCUT2D eigenvalue weighted by molar-refractivity contribution is 0.476. The van der Waals surface area contributed by atoms with Gasteiger partial charge in [-0.25, -0.2) is 4.79 Å². The molecule has 96 valence electrons. The van der Waals surface area contributed by atoms with Crippen LogP contribution in [0.1, 0.15) is 11.1 Å². The van der Waals surface area contributed by atoms with E-state index in [-0.39, 0.29) is 11.4 Å². The minimum absolute atomic E-state index is 0.149. The number of hydrogen-bond donors (Lipinski definition) is 2. The van der Waals surface area contributed by atoms with Crippen molar-refractivity contribution < 1.29 is 5.11 Å². The van der Waals surface area contributed by atoms with Crippen LogP contribution in [0.3, 0.4) is 0 Å². The molecule has 4 heteroatoms. The van der Waals surface area contributed by atoms with E-state index in [1.54, 1.807) is 22.8 Å². The van der Waals surface area contributed by atoms with Crippen LogP contribution in [0, 0.1) is 6.92 Å². The van der Waals surface area contributed by atoms with Crippen LogP contribution >= 0.6 is 0 Å². The van der Waals surface area contributed by atoms with Crippen LogP contribution in [0.2, 0.25) is 0 Å². The molecule has 0 spiro atoms. The van der Waals surface area contributed by atoms with Crippen LogP contribution in [0.15, 0.2) is 47.3 Å². The van der Waals surface area contributed by atoms with Crippen LogP contribution < -0.4 is 5.69 Å². The Labute approximate surface area is 109 Å². The van der Waals surface area contributed by atoms with Gasteiger partial charge in [-0.3, -0.25) is 4.57 Å². The van der Waals surface area contributed by atoms with Crippen molar-refractivity contribution in [2.75, 3.05) is 0 Å². The summed E-state index contributed by atoms with van der Waals surface area (Å²) in [6.07, 6.45) is 0. The molecule has 0 radical (unpaired) electrons. The fourth-order valence-electron chi connectivity index (χ4n) is 2.18. The van der Waals surface area contributed by atoms with Gasteiger partial charge < -0.3 is 10.1 Å². The van der Waals surface area contributed by atoms with Crippen molar-refractivity contribution in [1.29, 1.82) is 0 Å². The molecule has 0 aliphatic rings. The highest BCUT2D eigenvalue weighted by Gasteiger charge is 2.07. The molecule has 4 nitrogen and oxygen atoms in total. The van der Waals surface area contributed by atoms with Crippen LogP contribution in [-0.2, 0) is 6.54 Å². The summed E-state index contributed by atoms with van der Waals surface area (Å²) in [6, 6.07) is 13.0. The van der Waals surface area contributed by atoms with Gasteiger partial charge in [0.1, 0.15) is 5.75 Å². The average Bonchev–Trinajstić information content (AvgIpc) is 2.68. The maximum Gasteiger partial charge on any atom is 0.326 e. The number of aryl methyl sites for hydroxylation is 1. The van der Waals surface area contributed by atoms with Crippen LogP contribution in [0.5, 0.6) is 5.75 Å². The Morgan fingerprint density at radius 3 is 2.63 bits per heavy atom. The summed E-state index contributed by atoms with van der Waals surface area (Å²) in [5.41, 5.74) is 3.54. The molecular weight excluding hydrogens is 240 g/mol. The van der Waals surface area contributed by atoms with Gasteiger partial charge in [0.2, 0.25) is 0 Å². The van der Waals surface area contributed by atoms with Gasteiger partial charge in [0, 0.05) is 6.07 Å². The first kappa shape index (κ1) is 11.6. The predicted molar refractivity (Wildman–Crippen MR) is 74.5 cm³/mol. The number of H-pyrrole nitrogens is 1. The number of phenolic OH excluding ortho intramolecular Hbond substituents is 1. The smallest absolute Gasteiger partial charge is 0.326 e. The number of aromatic nitrogens is 2. The molecule has 0 unspecified atom stereocenters. The highest BCUT2D eigenvalue weighted by atomic mass is 16.3. The maximum atomic E-state index is 11.9. The molecule has 2 aromatic carbocycles. The Morgan fingerprint density at radius 1 is 1.16 bits per heavy atom. The molecule has 3 aromatic rings. The monoisotopic (exact) mass is 254 g/mol. The van der Waals surface area contributed by atoms with E-state index in [2.05, 4.69) is 4.98 Å². The Kier molecular flexibility index (Phi) is 2.63. The fourth-order valence-corrected chi connectivity index (χ4v) is 2.18. The Bertz CT molecular complexity index is 782. The van der Waals surface area contributed by atoms with Crippen LogP contribution in [0.25, 0.3) is 11.0 Å².